The Kier molecular flexibility index (Phi) is 23.0. The summed E-state index contributed by atoms with van der Waals surface area (Å²) in [6, 6.07) is 133. The number of para-hydroxylation sites is 5. The summed E-state index contributed by atoms with van der Waals surface area (Å²) in [5, 5.41) is 6.60. The van der Waals surface area contributed by atoms with Crippen molar-refractivity contribution in [2.24, 2.45) is 21.1 Å². The zero-order valence-corrected chi connectivity index (χ0v) is 80.5. The number of hydrogen-bond donors (Lipinski definition) is 0. The fourth-order valence-electron chi connectivity index (χ4n) is 18.6. The molecular weight excluding hydrogens is 2250 g/mol. The Morgan fingerprint density at radius 2 is 0.616 bits per heavy atom. The molecule has 0 spiro atoms. The molecule has 0 N–H and O–H groups in total. The Bertz CT molecular complexity index is 9150. The van der Waals surface area contributed by atoms with Crippen molar-refractivity contribution in [2.45, 2.75) is 0 Å². The molecule has 0 bridgehead atoms. The van der Waals surface area contributed by atoms with Crippen LogP contribution in [0.15, 0.2) is 410 Å². The van der Waals surface area contributed by atoms with Gasteiger partial charge >= 0.3 is 63.2 Å². The number of nitrogens with zero attached hydrogens (tertiary/aromatic N) is 12. The van der Waals surface area contributed by atoms with E-state index in [0.717, 1.165) is 251 Å². The molecular formula is C117H72N12O6Pt3. The standard InChI is InChI=1S/3C39H24N4O2.3Pt/c1-42-34-11-5-3-9-32(34)41-39(42)26-15-17-29-28-8-2-4-10-33(28)43(35(29)23-26)36-22-25(14-18-30(36)38-13-7-21-45-38)31-19-16-27(24-40-31)37-12-6-20-44-37;1-42-36-23-27(38-11-6-20-45-38)13-16-33(36)41-39(42)28-12-15-30-31-22-26(37-10-5-19-44-37)14-17-34(31)43(35(30)24-28)29-8-4-7-25(21-29)32-9-2-3-18-40-32;1-42-35-10-3-2-9-33(35)41-39(42)27-13-16-30-31-22-26(37-11-5-19-44-37)15-18-34(31)43(36(30)23-27)29-8-4-7-25(21-29)32-17-14-28(24-40-32)38-12-6-20-45-38;;;/h2-21,24H,1H3;2-20,22-23H,1H3;2-20,22,24H,1H3;;;/q3*-2;3*+2. The quantitative estimate of drug-likeness (QED) is 0.0886. The Hall–Kier alpha value is -16.4. The van der Waals surface area contributed by atoms with Crippen LogP contribution in [0.5, 0.6) is 0 Å². The molecule has 18 nitrogen and oxygen atoms in total. The van der Waals surface area contributed by atoms with Crippen molar-refractivity contribution in [3.8, 4) is 153 Å². The van der Waals surface area contributed by atoms with E-state index in [0.29, 0.717) is 0 Å². The Morgan fingerprint density at radius 1 is 0.239 bits per heavy atom. The first kappa shape index (κ1) is 87.0. The van der Waals surface area contributed by atoms with Crippen molar-refractivity contribution in [3.63, 3.8) is 0 Å². The maximum Gasteiger partial charge on any atom is 2.00 e. The van der Waals surface area contributed by atoms with Gasteiger partial charge in [-0.15, -0.1) is 155 Å². The molecule has 0 aliphatic rings. The van der Waals surface area contributed by atoms with E-state index >= 15 is 0 Å². The zero-order chi connectivity index (χ0) is 89.7. The largest absolute Gasteiger partial charge is 2.00 e. The van der Waals surface area contributed by atoms with Crippen LogP contribution in [-0.4, -0.2) is 57.3 Å². The van der Waals surface area contributed by atoms with Crippen LogP contribution in [0.2, 0.25) is 0 Å². The van der Waals surface area contributed by atoms with Crippen LogP contribution in [-0.2, 0) is 84.3 Å². The number of imidazole rings is 3. The minimum atomic E-state index is 0. The van der Waals surface area contributed by atoms with Crippen molar-refractivity contribution < 1.29 is 89.7 Å². The summed E-state index contributed by atoms with van der Waals surface area (Å²) in [6.45, 7) is 0. The molecule has 15 heterocycles. The van der Waals surface area contributed by atoms with E-state index in [-0.39, 0.29) is 63.2 Å². The van der Waals surface area contributed by atoms with Crippen molar-refractivity contribution in [1.82, 2.24) is 57.3 Å². The van der Waals surface area contributed by atoms with E-state index < -0.39 is 0 Å². The predicted molar refractivity (Wildman–Crippen MR) is 530 cm³/mol. The number of pyridine rings is 3. The third-order valence-electron chi connectivity index (χ3n) is 25.1. The molecule has 0 aliphatic carbocycles. The minimum absolute atomic E-state index is 0. The van der Waals surface area contributed by atoms with Crippen LogP contribution in [0.4, 0.5) is 0 Å². The zero-order valence-electron chi connectivity index (χ0n) is 73.6. The third kappa shape index (κ3) is 15.5. The van der Waals surface area contributed by atoms with Gasteiger partial charge in [-0.05, 0) is 224 Å². The number of rotatable bonds is 15. The second-order valence-corrected chi connectivity index (χ2v) is 33.0. The average Bonchev–Trinajstić information content (AvgIpc) is 1.58. The third-order valence-corrected chi connectivity index (χ3v) is 25.1. The summed E-state index contributed by atoms with van der Waals surface area (Å²) in [6.07, 6.45) is 15.6. The van der Waals surface area contributed by atoms with Crippen LogP contribution < -0.4 is 0 Å². The molecule has 27 aromatic rings. The van der Waals surface area contributed by atoms with E-state index in [1.165, 1.54) is 0 Å². The van der Waals surface area contributed by atoms with E-state index in [9.17, 15) is 0 Å². The maximum absolute atomic E-state index is 5.94. The second kappa shape index (κ2) is 36.5. The normalized spacial score (nSPS) is 11.4. The fourth-order valence-corrected chi connectivity index (χ4v) is 18.6. The molecule has 12 aromatic carbocycles. The van der Waals surface area contributed by atoms with E-state index in [1.807, 2.05) is 207 Å². The van der Waals surface area contributed by atoms with Crippen molar-refractivity contribution in [2.75, 3.05) is 0 Å². The molecule has 0 aliphatic heterocycles. The molecule has 0 unspecified atom stereocenters. The van der Waals surface area contributed by atoms with Crippen LogP contribution >= 0.6 is 0 Å². The van der Waals surface area contributed by atoms with Crippen LogP contribution in [0.25, 0.3) is 251 Å². The molecule has 0 amide bonds. The van der Waals surface area contributed by atoms with E-state index in [1.54, 1.807) is 43.8 Å². The molecule has 666 valence electrons. The van der Waals surface area contributed by atoms with Gasteiger partial charge in [0, 0.05) is 84.1 Å². The number of hydrogen-bond acceptors (Lipinski definition) is 12. The van der Waals surface area contributed by atoms with Crippen LogP contribution in [0.3, 0.4) is 0 Å². The SMILES string of the molecule is Cn1c(-c2[c-]c3c(cc2)c2cc(-c4ccco4)ccc2n3-c2[c-]c(-c3ccc(-c4ccco4)cn3)ccc2)nc2ccccc21.Cn1c(-c2[c-]c3c(cc2)c2cc(-c4ccco4)ccc2n3-c2[c-]c(-c3ccccn3)ccc2)nc2ccc(-c3ccco3)cc21.Cn1c(-c2[c-]c3c(cc2)c2ccccc2n3-c2[c-]c(-c3ccc(-c4ccco4)cn3)ccc2-c2ccco2)nc2ccccc21.[Pt+2].[Pt+2].[Pt+2]. The molecule has 0 saturated carbocycles. The second-order valence-electron chi connectivity index (χ2n) is 33.0. The maximum atomic E-state index is 5.94. The van der Waals surface area contributed by atoms with E-state index in [4.69, 9.17) is 51.4 Å². The van der Waals surface area contributed by atoms with Crippen LogP contribution in [0, 0.1) is 36.4 Å². The van der Waals surface area contributed by atoms with Gasteiger partial charge < -0.3 is 68.9 Å². The molecule has 21 heteroatoms. The number of furan rings is 6. The first-order valence-electron chi connectivity index (χ1n) is 44.1. The van der Waals surface area contributed by atoms with E-state index in [2.05, 4.69) is 222 Å². The van der Waals surface area contributed by atoms with Gasteiger partial charge in [-0.1, -0.05) is 107 Å². The molecule has 138 heavy (non-hydrogen) atoms. The fraction of sp³-hybridized carbons (Fsp3) is 0.0256. The summed E-state index contributed by atoms with van der Waals surface area (Å²) in [4.78, 5) is 29.1. The first-order valence-corrected chi connectivity index (χ1v) is 44.1. The molecule has 27 rings (SSSR count). The summed E-state index contributed by atoms with van der Waals surface area (Å²) >= 11 is 0. The van der Waals surface area contributed by atoms with Crippen molar-refractivity contribution in [3.05, 3.63) is 420 Å². The molecule has 0 saturated heterocycles. The number of benzene rings is 12. The van der Waals surface area contributed by atoms with Crippen molar-refractivity contribution in [1.29, 1.82) is 0 Å². The molecule has 0 atom stereocenters. The van der Waals surface area contributed by atoms with Crippen LogP contribution in [0.1, 0.15) is 0 Å². The summed E-state index contributed by atoms with van der Waals surface area (Å²) in [5.74, 6) is 7.38. The van der Waals surface area contributed by atoms with Gasteiger partial charge in [0.1, 0.15) is 28.8 Å². The Labute approximate surface area is 832 Å². The Morgan fingerprint density at radius 3 is 1.07 bits per heavy atom. The number of aryl methyl sites for hydroxylation is 3. The van der Waals surface area contributed by atoms with Gasteiger partial charge in [0.05, 0.1) is 93.9 Å². The van der Waals surface area contributed by atoms with Gasteiger partial charge in [0.25, 0.3) is 0 Å². The predicted octanol–water partition coefficient (Wildman–Crippen LogP) is 28.6. The smallest absolute Gasteiger partial charge is 0.474 e. The van der Waals surface area contributed by atoms with Gasteiger partial charge in [-0.25, -0.2) is 0 Å². The molecule has 15 aromatic heterocycles. The Balaban J connectivity index is 0.000000118. The van der Waals surface area contributed by atoms with Gasteiger partial charge in [0.2, 0.25) is 0 Å². The summed E-state index contributed by atoms with van der Waals surface area (Å²) in [7, 11) is 6.15. The topological polar surface area (TPSA) is 186 Å². The van der Waals surface area contributed by atoms with Gasteiger partial charge in [-0.3, -0.25) is 15.0 Å². The molecule has 0 radical (unpaired) electrons. The minimum Gasteiger partial charge on any atom is -0.474 e. The molecule has 0 fully saturated rings. The number of fused-ring (bicyclic) bond motifs is 12. The van der Waals surface area contributed by atoms with Crippen molar-refractivity contribution >= 4 is 98.5 Å². The monoisotopic (exact) mass is 2330 g/mol. The summed E-state index contributed by atoms with van der Waals surface area (Å²) in [5.41, 5.74) is 28.4. The first-order chi connectivity index (χ1) is 66.6. The average molecular weight is 2330 g/mol. The van der Waals surface area contributed by atoms with Gasteiger partial charge in [0.15, 0.2) is 0 Å². The summed E-state index contributed by atoms with van der Waals surface area (Å²) < 4.78 is 47.2. The van der Waals surface area contributed by atoms with Gasteiger partial charge in [-0.2, -0.15) is 0 Å². The number of aromatic nitrogens is 12.